The van der Waals surface area contributed by atoms with Gasteiger partial charge in [-0.15, -0.1) is 0 Å². The summed E-state index contributed by atoms with van der Waals surface area (Å²) in [5.74, 6) is 0.426. The highest BCUT2D eigenvalue weighted by atomic mass is 35.5. The Labute approximate surface area is 163 Å². The Balaban J connectivity index is 2.09. The number of carbonyl (C=O) groups excluding carboxylic acids is 1. The van der Waals surface area contributed by atoms with E-state index < -0.39 is 22.0 Å². The number of anilines is 1. The third kappa shape index (κ3) is 5.59. The second-order valence-electron chi connectivity index (χ2n) is 5.58. The van der Waals surface area contributed by atoms with E-state index in [4.69, 9.17) is 21.1 Å². The van der Waals surface area contributed by atoms with Crippen molar-refractivity contribution in [2.24, 2.45) is 0 Å². The van der Waals surface area contributed by atoms with Crippen LogP contribution in [-0.4, -0.2) is 34.1 Å². The predicted molar refractivity (Wildman–Crippen MR) is 104 cm³/mol. The van der Waals surface area contributed by atoms with E-state index in [0.717, 1.165) is 0 Å². The molecule has 0 unspecified atom stereocenters. The molecular formula is C18H21ClN2O5S. The second-order valence-corrected chi connectivity index (χ2v) is 7.73. The number of hydrogen-bond donors (Lipinski definition) is 2. The molecule has 2 aromatic rings. The molecule has 2 aromatic carbocycles. The first-order valence-corrected chi connectivity index (χ1v) is 10.0. The lowest BCUT2D eigenvalue weighted by atomic mass is 10.2. The van der Waals surface area contributed by atoms with Gasteiger partial charge in [0.25, 0.3) is 0 Å². The molecular weight excluding hydrogens is 392 g/mol. The largest absolute Gasteiger partial charge is 0.495 e. The SMILES string of the molecule is CCOc1ccc(S(=O)(=O)N[C@@H](C)C(=O)Nc2cc(Cl)ccc2OC)cc1. The summed E-state index contributed by atoms with van der Waals surface area (Å²) in [5.41, 5.74) is 0.349. The van der Waals surface area contributed by atoms with Crippen molar-refractivity contribution in [3.63, 3.8) is 0 Å². The van der Waals surface area contributed by atoms with Gasteiger partial charge < -0.3 is 14.8 Å². The molecule has 0 aliphatic heterocycles. The van der Waals surface area contributed by atoms with Gasteiger partial charge in [0.15, 0.2) is 0 Å². The normalized spacial score (nSPS) is 12.3. The Hall–Kier alpha value is -2.29. The Bertz CT molecular complexity index is 900. The molecule has 1 atom stereocenters. The zero-order chi connectivity index (χ0) is 20.0. The first kappa shape index (κ1) is 21.0. The summed E-state index contributed by atoms with van der Waals surface area (Å²) < 4.78 is 37.7. The van der Waals surface area contributed by atoms with Crippen LogP contribution in [0, 0.1) is 0 Å². The maximum atomic E-state index is 12.5. The minimum atomic E-state index is -3.88. The highest BCUT2D eigenvalue weighted by molar-refractivity contribution is 7.89. The van der Waals surface area contributed by atoms with Gasteiger partial charge in [0.1, 0.15) is 11.5 Å². The highest BCUT2D eigenvalue weighted by Crippen LogP contribution is 2.27. The zero-order valence-corrected chi connectivity index (χ0v) is 16.7. The minimum absolute atomic E-state index is 0.0333. The number of sulfonamides is 1. The molecule has 146 valence electrons. The maximum absolute atomic E-state index is 12.5. The van der Waals surface area contributed by atoms with E-state index in [0.29, 0.717) is 28.8 Å². The molecule has 0 aliphatic rings. The van der Waals surface area contributed by atoms with Crippen LogP contribution in [0.4, 0.5) is 5.69 Å². The van der Waals surface area contributed by atoms with Crippen LogP contribution in [0.25, 0.3) is 0 Å². The number of nitrogens with one attached hydrogen (secondary N) is 2. The maximum Gasteiger partial charge on any atom is 0.242 e. The molecule has 0 bridgehead atoms. The van der Waals surface area contributed by atoms with Crippen molar-refractivity contribution in [3.8, 4) is 11.5 Å². The molecule has 2 N–H and O–H groups in total. The van der Waals surface area contributed by atoms with E-state index in [9.17, 15) is 13.2 Å². The summed E-state index contributed by atoms with van der Waals surface area (Å²) >= 11 is 5.93. The molecule has 7 nitrogen and oxygen atoms in total. The van der Waals surface area contributed by atoms with E-state index >= 15 is 0 Å². The summed E-state index contributed by atoms with van der Waals surface area (Å²) in [5, 5.41) is 3.02. The average molecular weight is 413 g/mol. The Morgan fingerprint density at radius 2 is 1.85 bits per heavy atom. The first-order chi connectivity index (χ1) is 12.8. The third-order valence-corrected chi connectivity index (χ3v) is 5.38. The summed E-state index contributed by atoms with van der Waals surface area (Å²) in [6.45, 7) is 3.76. The van der Waals surface area contributed by atoms with Crippen molar-refractivity contribution in [2.75, 3.05) is 19.0 Å². The second kappa shape index (κ2) is 9.07. The summed E-state index contributed by atoms with van der Waals surface area (Å²) in [4.78, 5) is 12.4. The molecule has 0 aliphatic carbocycles. The topological polar surface area (TPSA) is 93.7 Å². The summed E-state index contributed by atoms with van der Waals surface area (Å²) in [7, 11) is -2.42. The molecule has 0 aromatic heterocycles. The standard InChI is InChI=1S/C18H21ClN2O5S/c1-4-26-14-6-8-15(9-7-14)27(23,24)21-12(2)18(22)20-16-11-13(19)5-10-17(16)25-3/h5-12,21H,4H2,1-3H3,(H,20,22)/t12-/m0/s1. The van der Waals surface area contributed by atoms with Gasteiger partial charge in [-0.1, -0.05) is 11.6 Å². The monoisotopic (exact) mass is 412 g/mol. The van der Waals surface area contributed by atoms with Crippen molar-refractivity contribution in [1.29, 1.82) is 0 Å². The van der Waals surface area contributed by atoms with Gasteiger partial charge in [0, 0.05) is 5.02 Å². The van der Waals surface area contributed by atoms with Crippen molar-refractivity contribution in [1.82, 2.24) is 4.72 Å². The van der Waals surface area contributed by atoms with E-state index in [1.54, 1.807) is 24.3 Å². The Morgan fingerprint density at radius 1 is 1.19 bits per heavy atom. The average Bonchev–Trinajstić information content (AvgIpc) is 2.62. The lowest BCUT2D eigenvalue weighted by Gasteiger charge is -2.16. The van der Waals surface area contributed by atoms with E-state index in [1.165, 1.54) is 32.2 Å². The van der Waals surface area contributed by atoms with Gasteiger partial charge >= 0.3 is 0 Å². The molecule has 0 heterocycles. The van der Waals surface area contributed by atoms with Gasteiger partial charge in [-0.3, -0.25) is 4.79 Å². The zero-order valence-electron chi connectivity index (χ0n) is 15.2. The number of rotatable bonds is 8. The molecule has 27 heavy (non-hydrogen) atoms. The van der Waals surface area contributed by atoms with E-state index in [1.807, 2.05) is 6.92 Å². The minimum Gasteiger partial charge on any atom is -0.495 e. The molecule has 0 fully saturated rings. The van der Waals surface area contributed by atoms with Crippen LogP contribution < -0.4 is 19.5 Å². The van der Waals surface area contributed by atoms with Crippen LogP contribution in [0.2, 0.25) is 5.02 Å². The number of methoxy groups -OCH3 is 1. The van der Waals surface area contributed by atoms with Crippen molar-refractivity contribution < 1.29 is 22.7 Å². The Kier molecular flexibility index (Phi) is 7.06. The molecule has 2 rings (SSSR count). The highest BCUT2D eigenvalue weighted by Gasteiger charge is 2.23. The van der Waals surface area contributed by atoms with Crippen LogP contribution >= 0.6 is 11.6 Å². The number of hydrogen-bond acceptors (Lipinski definition) is 5. The fourth-order valence-corrected chi connectivity index (χ4v) is 3.63. The fraction of sp³-hybridized carbons (Fsp3) is 0.278. The Morgan fingerprint density at radius 3 is 2.44 bits per heavy atom. The van der Waals surface area contributed by atoms with E-state index in [2.05, 4.69) is 10.0 Å². The smallest absolute Gasteiger partial charge is 0.242 e. The van der Waals surface area contributed by atoms with Gasteiger partial charge in [0.2, 0.25) is 15.9 Å². The summed E-state index contributed by atoms with van der Waals surface area (Å²) in [6, 6.07) is 9.66. The van der Waals surface area contributed by atoms with Gasteiger partial charge in [0.05, 0.1) is 30.3 Å². The van der Waals surface area contributed by atoms with E-state index in [-0.39, 0.29) is 4.90 Å². The van der Waals surface area contributed by atoms with Crippen molar-refractivity contribution in [3.05, 3.63) is 47.5 Å². The van der Waals surface area contributed by atoms with Crippen molar-refractivity contribution in [2.45, 2.75) is 24.8 Å². The van der Waals surface area contributed by atoms with Crippen molar-refractivity contribution >= 4 is 33.2 Å². The van der Waals surface area contributed by atoms with Gasteiger partial charge in [-0.05, 0) is 56.3 Å². The van der Waals surface area contributed by atoms with Gasteiger partial charge in [-0.2, -0.15) is 4.72 Å². The quantitative estimate of drug-likeness (QED) is 0.695. The number of carbonyl (C=O) groups is 1. The number of benzene rings is 2. The van der Waals surface area contributed by atoms with Gasteiger partial charge in [-0.25, -0.2) is 8.42 Å². The fourth-order valence-electron chi connectivity index (χ4n) is 2.25. The lowest BCUT2D eigenvalue weighted by molar-refractivity contribution is -0.117. The number of ether oxygens (including phenoxy) is 2. The number of halogens is 1. The molecule has 0 radical (unpaired) electrons. The predicted octanol–water partition coefficient (Wildman–Crippen LogP) is 3.05. The molecule has 0 saturated carbocycles. The van der Waals surface area contributed by atoms with Crippen LogP contribution in [-0.2, 0) is 14.8 Å². The molecule has 0 spiro atoms. The van der Waals surface area contributed by atoms with Crippen LogP contribution in [0.15, 0.2) is 47.4 Å². The van der Waals surface area contributed by atoms with Crippen LogP contribution in [0.3, 0.4) is 0 Å². The van der Waals surface area contributed by atoms with Crippen LogP contribution in [0.5, 0.6) is 11.5 Å². The summed E-state index contributed by atoms with van der Waals surface area (Å²) in [6.07, 6.45) is 0. The molecule has 9 heteroatoms. The number of amides is 1. The van der Waals surface area contributed by atoms with Crippen LogP contribution in [0.1, 0.15) is 13.8 Å². The third-order valence-electron chi connectivity index (χ3n) is 3.59. The lowest BCUT2D eigenvalue weighted by Crippen LogP contribution is -2.41. The molecule has 0 saturated heterocycles. The molecule has 1 amide bonds. The first-order valence-electron chi connectivity index (χ1n) is 8.16.